The van der Waals surface area contributed by atoms with Crippen molar-refractivity contribution in [3.05, 3.63) is 29.6 Å². The zero-order valence-corrected chi connectivity index (χ0v) is 12.2. The van der Waals surface area contributed by atoms with Gasteiger partial charge in [0.2, 0.25) is 5.91 Å². The van der Waals surface area contributed by atoms with Gasteiger partial charge < -0.3 is 14.8 Å². The number of fused-ring (bicyclic) bond motifs is 1. The smallest absolute Gasteiger partial charge is 0.246 e. The molecule has 20 heavy (non-hydrogen) atoms. The highest BCUT2D eigenvalue weighted by Gasteiger charge is 2.24. The van der Waals surface area contributed by atoms with E-state index in [9.17, 15) is 9.18 Å². The number of methoxy groups -OCH3 is 1. The Labute approximate surface area is 122 Å². The van der Waals surface area contributed by atoms with Crippen LogP contribution >= 0.6 is 11.8 Å². The van der Waals surface area contributed by atoms with Gasteiger partial charge in [-0.3, -0.25) is 4.79 Å². The van der Waals surface area contributed by atoms with Crippen molar-refractivity contribution < 1.29 is 18.7 Å². The Morgan fingerprint density at radius 1 is 1.50 bits per heavy atom. The van der Waals surface area contributed by atoms with E-state index in [1.165, 1.54) is 17.8 Å². The monoisotopic (exact) mass is 299 g/mol. The lowest BCUT2D eigenvalue weighted by molar-refractivity contribution is -0.126. The van der Waals surface area contributed by atoms with E-state index in [4.69, 9.17) is 9.47 Å². The average Bonchev–Trinajstić information content (AvgIpc) is 2.45. The molecule has 0 fully saturated rings. The molecule has 2 rings (SSSR count). The van der Waals surface area contributed by atoms with Crippen LogP contribution in [0.25, 0.3) is 0 Å². The van der Waals surface area contributed by atoms with Crippen LogP contribution in [0.2, 0.25) is 0 Å². The van der Waals surface area contributed by atoms with Gasteiger partial charge in [0.1, 0.15) is 12.4 Å². The second kappa shape index (κ2) is 7.61. The van der Waals surface area contributed by atoms with Gasteiger partial charge in [-0.2, -0.15) is 0 Å². The van der Waals surface area contributed by atoms with Gasteiger partial charge >= 0.3 is 0 Å². The highest BCUT2D eigenvalue weighted by Crippen LogP contribution is 2.37. The van der Waals surface area contributed by atoms with Gasteiger partial charge in [0.05, 0.1) is 19.3 Å². The summed E-state index contributed by atoms with van der Waals surface area (Å²) in [6.07, 6.45) is 0.797. The largest absolute Gasteiger partial charge is 0.382 e. The highest BCUT2D eigenvalue weighted by molar-refractivity contribution is 7.99. The summed E-state index contributed by atoms with van der Waals surface area (Å²) >= 11 is 1.50. The van der Waals surface area contributed by atoms with Crippen molar-refractivity contribution in [3.63, 3.8) is 0 Å². The number of rotatable bonds is 6. The lowest BCUT2D eigenvalue weighted by Gasteiger charge is -2.26. The van der Waals surface area contributed by atoms with Crippen LogP contribution < -0.4 is 5.32 Å². The molecule has 0 saturated carbocycles. The molecule has 0 aliphatic carbocycles. The van der Waals surface area contributed by atoms with Crippen LogP contribution in [0, 0.1) is 5.82 Å². The number of amides is 1. The molecule has 6 heteroatoms. The van der Waals surface area contributed by atoms with Gasteiger partial charge in [0, 0.05) is 17.8 Å². The molecule has 4 nitrogen and oxygen atoms in total. The van der Waals surface area contributed by atoms with E-state index in [0.717, 1.165) is 17.7 Å². The number of benzene rings is 1. The molecule has 0 bridgehead atoms. The number of carbonyl (C=O) groups excluding carboxylic acids is 1. The maximum absolute atomic E-state index is 13.7. The quantitative estimate of drug-likeness (QED) is 0.818. The number of ether oxygens (including phenoxy) is 2. The van der Waals surface area contributed by atoms with Crippen LogP contribution in [-0.2, 0) is 14.3 Å². The minimum absolute atomic E-state index is 0.00233. The summed E-state index contributed by atoms with van der Waals surface area (Å²) < 4.78 is 23.7. The molecule has 0 spiro atoms. The topological polar surface area (TPSA) is 47.6 Å². The first-order chi connectivity index (χ1) is 9.72. The molecule has 1 amide bonds. The summed E-state index contributed by atoms with van der Waals surface area (Å²) in [5.74, 6) is 0.389. The van der Waals surface area contributed by atoms with E-state index in [-0.39, 0.29) is 24.4 Å². The van der Waals surface area contributed by atoms with Crippen molar-refractivity contribution in [2.75, 3.05) is 32.7 Å². The van der Waals surface area contributed by atoms with E-state index in [1.54, 1.807) is 13.2 Å². The number of halogens is 1. The predicted molar refractivity (Wildman–Crippen MR) is 75.3 cm³/mol. The first kappa shape index (κ1) is 15.3. The molecule has 110 valence electrons. The number of nitrogens with one attached hydrogen (secondary N) is 1. The normalized spacial score (nSPS) is 17.6. The van der Waals surface area contributed by atoms with Gasteiger partial charge in [-0.05, 0) is 18.1 Å². The Hall–Kier alpha value is -1.11. The number of hydrogen-bond acceptors (Lipinski definition) is 4. The number of thioether (sulfide) groups is 1. The van der Waals surface area contributed by atoms with Gasteiger partial charge in [0.15, 0.2) is 0 Å². The molecular weight excluding hydrogens is 281 g/mol. The maximum Gasteiger partial charge on any atom is 0.246 e. The van der Waals surface area contributed by atoms with Crippen molar-refractivity contribution >= 4 is 17.7 Å². The van der Waals surface area contributed by atoms with Crippen LogP contribution in [0.5, 0.6) is 0 Å². The van der Waals surface area contributed by atoms with E-state index >= 15 is 0 Å². The summed E-state index contributed by atoms with van der Waals surface area (Å²) in [6.45, 7) is 0.842. The maximum atomic E-state index is 13.7. The Morgan fingerprint density at radius 2 is 2.35 bits per heavy atom. The molecule has 1 N–H and O–H groups in total. The molecule has 0 radical (unpaired) electrons. The van der Waals surface area contributed by atoms with Crippen molar-refractivity contribution in [1.29, 1.82) is 0 Å². The fourth-order valence-corrected chi connectivity index (χ4v) is 3.22. The van der Waals surface area contributed by atoms with Crippen LogP contribution in [-0.4, -0.2) is 38.6 Å². The molecule has 0 saturated heterocycles. The van der Waals surface area contributed by atoms with Crippen molar-refractivity contribution in [2.24, 2.45) is 0 Å². The van der Waals surface area contributed by atoms with Crippen LogP contribution in [0.3, 0.4) is 0 Å². The molecule has 1 atom stereocenters. The average molecular weight is 299 g/mol. The first-order valence-corrected chi connectivity index (χ1v) is 7.48. The second-order valence-electron chi connectivity index (χ2n) is 4.46. The Morgan fingerprint density at radius 3 is 3.15 bits per heavy atom. The fourth-order valence-electron chi connectivity index (χ4n) is 2.08. The summed E-state index contributed by atoms with van der Waals surface area (Å²) in [5.41, 5.74) is 0.853. The standard InChI is InChI=1S/C14H18FNO3S/c1-18-6-7-19-9-13(17)16-12-5-8-20-14-10(12)3-2-4-11(14)15/h2-4,12H,5-9H2,1H3,(H,16,17). The lowest BCUT2D eigenvalue weighted by atomic mass is 10.0. The fraction of sp³-hybridized carbons (Fsp3) is 0.500. The van der Waals surface area contributed by atoms with Crippen LogP contribution in [0.15, 0.2) is 23.1 Å². The van der Waals surface area contributed by atoms with Gasteiger partial charge in [-0.15, -0.1) is 11.8 Å². The molecule has 1 heterocycles. The Kier molecular flexibility index (Phi) is 5.82. The predicted octanol–water partition coefficient (Wildman–Crippen LogP) is 2.14. The zero-order valence-electron chi connectivity index (χ0n) is 11.4. The Balaban J connectivity index is 1.91. The van der Waals surface area contributed by atoms with Gasteiger partial charge in [-0.1, -0.05) is 12.1 Å². The third-order valence-corrected chi connectivity index (χ3v) is 4.19. The molecule has 1 aliphatic heterocycles. The third-order valence-electron chi connectivity index (χ3n) is 3.03. The highest BCUT2D eigenvalue weighted by atomic mass is 32.2. The van der Waals surface area contributed by atoms with Crippen molar-refractivity contribution in [2.45, 2.75) is 17.4 Å². The summed E-state index contributed by atoms with van der Waals surface area (Å²) in [4.78, 5) is 12.4. The lowest BCUT2D eigenvalue weighted by Crippen LogP contribution is -2.33. The van der Waals surface area contributed by atoms with Gasteiger partial charge in [-0.25, -0.2) is 4.39 Å². The second-order valence-corrected chi connectivity index (χ2v) is 5.57. The number of hydrogen-bond donors (Lipinski definition) is 1. The van der Waals surface area contributed by atoms with E-state index in [2.05, 4.69) is 5.32 Å². The molecule has 1 aromatic rings. The van der Waals surface area contributed by atoms with Gasteiger partial charge in [0.25, 0.3) is 0 Å². The van der Waals surface area contributed by atoms with E-state index in [0.29, 0.717) is 18.1 Å². The van der Waals surface area contributed by atoms with E-state index in [1.807, 2.05) is 6.07 Å². The molecule has 0 aromatic heterocycles. The molecule has 1 aliphatic rings. The molecule has 1 unspecified atom stereocenters. The minimum atomic E-state index is -0.220. The minimum Gasteiger partial charge on any atom is -0.382 e. The summed E-state index contributed by atoms with van der Waals surface area (Å²) in [5, 5.41) is 2.89. The number of carbonyl (C=O) groups is 1. The molecule has 1 aromatic carbocycles. The summed E-state index contributed by atoms with van der Waals surface area (Å²) in [7, 11) is 1.58. The molecular formula is C14H18FNO3S. The SMILES string of the molecule is COCCOCC(=O)NC1CCSc2c(F)cccc21. The summed E-state index contributed by atoms with van der Waals surface area (Å²) in [6, 6.07) is 4.85. The van der Waals surface area contributed by atoms with Crippen molar-refractivity contribution in [3.8, 4) is 0 Å². The first-order valence-electron chi connectivity index (χ1n) is 6.49. The van der Waals surface area contributed by atoms with E-state index < -0.39 is 0 Å². The third kappa shape index (κ3) is 3.94. The Bertz CT molecular complexity index is 470. The van der Waals surface area contributed by atoms with Crippen LogP contribution in [0.4, 0.5) is 4.39 Å². The zero-order chi connectivity index (χ0) is 14.4. The van der Waals surface area contributed by atoms with Crippen molar-refractivity contribution in [1.82, 2.24) is 5.32 Å². The van der Waals surface area contributed by atoms with Crippen LogP contribution in [0.1, 0.15) is 18.0 Å².